The van der Waals surface area contributed by atoms with Crippen molar-refractivity contribution in [3.63, 3.8) is 0 Å². The molecule has 0 saturated carbocycles. The molecule has 0 aromatic carbocycles. The van der Waals surface area contributed by atoms with Gasteiger partial charge in [-0.1, -0.05) is 5.16 Å². The Morgan fingerprint density at radius 3 is 2.58 bits per heavy atom. The van der Waals surface area contributed by atoms with Crippen LogP contribution in [0.1, 0.15) is 31.2 Å². The van der Waals surface area contributed by atoms with E-state index in [1.807, 2.05) is 17.9 Å². The molecule has 1 aromatic heterocycles. The van der Waals surface area contributed by atoms with Gasteiger partial charge in [0.05, 0.1) is 11.6 Å². The van der Waals surface area contributed by atoms with Gasteiger partial charge in [-0.2, -0.15) is 0 Å². The molecule has 2 saturated heterocycles. The van der Waals surface area contributed by atoms with Crippen molar-refractivity contribution in [3.05, 3.63) is 17.5 Å². The van der Waals surface area contributed by atoms with Crippen LogP contribution in [0.3, 0.4) is 0 Å². The molecular formula is C17H26N4O3. The number of nitrogens with zero attached hydrogens (tertiary/aromatic N) is 4. The second-order valence-electron chi connectivity index (χ2n) is 6.83. The van der Waals surface area contributed by atoms with Gasteiger partial charge in [-0.25, -0.2) is 0 Å². The van der Waals surface area contributed by atoms with Gasteiger partial charge in [0.15, 0.2) is 0 Å². The normalized spacial score (nSPS) is 22.7. The molecule has 0 spiro atoms. The molecule has 3 rings (SSSR count). The van der Waals surface area contributed by atoms with Crippen LogP contribution in [0, 0.1) is 12.8 Å². The van der Waals surface area contributed by atoms with Gasteiger partial charge < -0.3 is 14.3 Å². The predicted molar refractivity (Wildman–Crippen MR) is 88.1 cm³/mol. The number of carbonyl (C=O) groups is 2. The zero-order valence-electron chi connectivity index (χ0n) is 14.5. The third-order valence-corrected chi connectivity index (χ3v) is 4.96. The first-order valence-corrected chi connectivity index (χ1v) is 8.72. The van der Waals surface area contributed by atoms with Crippen LogP contribution in [0.25, 0.3) is 0 Å². The number of amides is 2. The van der Waals surface area contributed by atoms with Gasteiger partial charge >= 0.3 is 0 Å². The lowest BCUT2D eigenvalue weighted by molar-refractivity contribution is -0.141. The van der Waals surface area contributed by atoms with Crippen molar-refractivity contribution in [2.45, 2.75) is 33.2 Å². The summed E-state index contributed by atoms with van der Waals surface area (Å²) in [5.41, 5.74) is 0.941. The van der Waals surface area contributed by atoms with Gasteiger partial charge in [-0.3, -0.25) is 14.5 Å². The van der Waals surface area contributed by atoms with Crippen molar-refractivity contribution < 1.29 is 14.1 Å². The van der Waals surface area contributed by atoms with Crippen LogP contribution in [-0.4, -0.2) is 70.9 Å². The van der Waals surface area contributed by atoms with Crippen LogP contribution < -0.4 is 0 Å². The third kappa shape index (κ3) is 3.95. The molecule has 0 radical (unpaired) electrons. The number of hydrogen-bond donors (Lipinski definition) is 0. The Morgan fingerprint density at radius 1 is 1.21 bits per heavy atom. The van der Waals surface area contributed by atoms with Gasteiger partial charge in [0.1, 0.15) is 5.76 Å². The largest absolute Gasteiger partial charge is 0.361 e. The topological polar surface area (TPSA) is 69.9 Å². The van der Waals surface area contributed by atoms with Gasteiger partial charge in [-0.15, -0.1) is 0 Å². The Kier molecular flexibility index (Phi) is 5.18. The summed E-state index contributed by atoms with van der Waals surface area (Å²) in [5, 5.41) is 4.03. The number of piperazine rings is 1. The Morgan fingerprint density at radius 2 is 1.96 bits per heavy atom. The summed E-state index contributed by atoms with van der Waals surface area (Å²) in [7, 11) is 0. The van der Waals surface area contributed by atoms with Gasteiger partial charge in [-0.05, 0) is 19.8 Å². The van der Waals surface area contributed by atoms with Crippen molar-refractivity contribution in [2.24, 2.45) is 5.92 Å². The standard InChI is InChI=1S/C17H26N4O3/c1-13-10-16(18-24-13)12-19-6-8-20(9-7-19)17(23)15-4-3-5-21(11-15)14(2)22/h10,15H,3-9,11-12H2,1-2H3/t15-/m0/s1. The van der Waals surface area contributed by atoms with Gasteiger partial charge in [0.2, 0.25) is 11.8 Å². The number of hydrogen-bond acceptors (Lipinski definition) is 5. The van der Waals surface area contributed by atoms with Crippen molar-refractivity contribution in [3.8, 4) is 0 Å². The third-order valence-electron chi connectivity index (χ3n) is 4.96. The highest BCUT2D eigenvalue weighted by Crippen LogP contribution is 2.20. The van der Waals surface area contributed by atoms with E-state index in [0.717, 1.165) is 63.6 Å². The summed E-state index contributed by atoms with van der Waals surface area (Å²) in [6, 6.07) is 1.95. The smallest absolute Gasteiger partial charge is 0.227 e. The molecular weight excluding hydrogens is 308 g/mol. The van der Waals surface area contributed by atoms with Crippen LogP contribution in [0.4, 0.5) is 0 Å². The zero-order valence-corrected chi connectivity index (χ0v) is 14.5. The maximum atomic E-state index is 12.7. The monoisotopic (exact) mass is 334 g/mol. The second-order valence-corrected chi connectivity index (χ2v) is 6.83. The average Bonchev–Trinajstić information content (AvgIpc) is 3.00. The SMILES string of the molecule is CC(=O)N1CCC[C@H](C(=O)N2CCN(Cc3cc(C)on3)CC2)C1. The maximum Gasteiger partial charge on any atom is 0.227 e. The highest BCUT2D eigenvalue weighted by molar-refractivity contribution is 5.81. The molecule has 0 unspecified atom stereocenters. The highest BCUT2D eigenvalue weighted by atomic mass is 16.5. The van der Waals surface area contributed by atoms with Crippen molar-refractivity contribution >= 4 is 11.8 Å². The molecule has 0 aliphatic carbocycles. The minimum Gasteiger partial charge on any atom is -0.361 e. The number of carbonyl (C=O) groups excluding carboxylic acids is 2. The summed E-state index contributed by atoms with van der Waals surface area (Å²) < 4.78 is 5.10. The van der Waals surface area contributed by atoms with E-state index in [2.05, 4.69) is 10.1 Å². The van der Waals surface area contributed by atoms with Crippen molar-refractivity contribution in [2.75, 3.05) is 39.3 Å². The van der Waals surface area contributed by atoms with E-state index in [1.165, 1.54) is 0 Å². The average molecular weight is 334 g/mol. The van der Waals surface area contributed by atoms with Crippen LogP contribution in [0.2, 0.25) is 0 Å². The van der Waals surface area contributed by atoms with Crippen molar-refractivity contribution in [1.82, 2.24) is 19.9 Å². The molecule has 132 valence electrons. The predicted octanol–water partition coefficient (Wildman–Crippen LogP) is 0.886. The van der Waals surface area contributed by atoms with Gasteiger partial charge in [0, 0.05) is 58.8 Å². The molecule has 2 aliphatic rings. The van der Waals surface area contributed by atoms with Crippen LogP contribution >= 0.6 is 0 Å². The van der Waals surface area contributed by atoms with Crippen LogP contribution in [-0.2, 0) is 16.1 Å². The summed E-state index contributed by atoms with van der Waals surface area (Å²) >= 11 is 0. The fraction of sp³-hybridized carbons (Fsp3) is 0.706. The van der Waals surface area contributed by atoms with Crippen LogP contribution in [0.5, 0.6) is 0 Å². The number of rotatable bonds is 3. The van der Waals surface area contributed by atoms with E-state index in [1.54, 1.807) is 11.8 Å². The van der Waals surface area contributed by atoms with E-state index in [0.29, 0.717) is 6.54 Å². The fourth-order valence-electron chi connectivity index (χ4n) is 3.57. The Labute approximate surface area is 142 Å². The Bertz CT molecular complexity index is 592. The quantitative estimate of drug-likeness (QED) is 0.821. The molecule has 1 atom stereocenters. The lowest BCUT2D eigenvalue weighted by Crippen LogP contribution is -2.52. The highest BCUT2D eigenvalue weighted by Gasteiger charge is 2.31. The van der Waals surface area contributed by atoms with Crippen LogP contribution in [0.15, 0.2) is 10.6 Å². The lowest BCUT2D eigenvalue weighted by atomic mass is 9.96. The maximum absolute atomic E-state index is 12.7. The van der Waals surface area contributed by atoms with E-state index >= 15 is 0 Å². The van der Waals surface area contributed by atoms with E-state index in [9.17, 15) is 9.59 Å². The Balaban J connectivity index is 1.49. The molecule has 7 nitrogen and oxygen atoms in total. The van der Waals surface area contributed by atoms with Crippen molar-refractivity contribution in [1.29, 1.82) is 0 Å². The fourth-order valence-corrected chi connectivity index (χ4v) is 3.57. The Hall–Kier alpha value is -1.89. The number of piperidine rings is 1. The minimum absolute atomic E-state index is 0.0348. The summed E-state index contributed by atoms with van der Waals surface area (Å²) in [4.78, 5) is 30.3. The molecule has 0 bridgehead atoms. The van der Waals surface area contributed by atoms with E-state index in [-0.39, 0.29) is 17.7 Å². The molecule has 0 N–H and O–H groups in total. The lowest BCUT2D eigenvalue weighted by Gasteiger charge is -2.38. The summed E-state index contributed by atoms with van der Waals surface area (Å²) in [6.45, 7) is 8.77. The molecule has 7 heteroatoms. The number of aromatic nitrogens is 1. The zero-order chi connectivity index (χ0) is 17.1. The molecule has 2 aliphatic heterocycles. The summed E-state index contributed by atoms with van der Waals surface area (Å²) in [5.74, 6) is 1.07. The van der Waals surface area contributed by atoms with E-state index in [4.69, 9.17) is 4.52 Å². The molecule has 2 fully saturated rings. The number of aryl methyl sites for hydroxylation is 1. The first-order valence-electron chi connectivity index (χ1n) is 8.72. The van der Waals surface area contributed by atoms with Gasteiger partial charge in [0.25, 0.3) is 0 Å². The first kappa shape index (κ1) is 17.0. The van der Waals surface area contributed by atoms with E-state index < -0.39 is 0 Å². The molecule has 2 amide bonds. The molecule has 3 heterocycles. The molecule has 1 aromatic rings. The summed E-state index contributed by atoms with van der Waals surface area (Å²) in [6.07, 6.45) is 1.81. The molecule has 24 heavy (non-hydrogen) atoms. The first-order chi connectivity index (χ1) is 11.5. The minimum atomic E-state index is -0.0348. The number of likely N-dealkylation sites (tertiary alicyclic amines) is 1. The second kappa shape index (κ2) is 7.34.